The zero-order valence-electron chi connectivity index (χ0n) is 11.5. The Morgan fingerprint density at radius 2 is 2.15 bits per heavy atom. The Bertz CT molecular complexity index is 618. The van der Waals surface area contributed by atoms with Gasteiger partial charge in [-0.3, -0.25) is 4.90 Å². The van der Waals surface area contributed by atoms with Gasteiger partial charge in [0.05, 0.1) is 6.26 Å². The monoisotopic (exact) mass is 314 g/mol. The number of fused-ring (bicyclic) bond motifs is 1. The SMILES string of the molecule is CS(=O)(=O)N[C@@H]1CCN([C@@H]2CCc3c(Cl)cccc32)C1. The van der Waals surface area contributed by atoms with Crippen LogP contribution in [0, 0.1) is 0 Å². The molecule has 1 saturated heterocycles. The van der Waals surface area contributed by atoms with Crippen LogP contribution in [0.2, 0.25) is 5.02 Å². The molecule has 0 radical (unpaired) electrons. The van der Waals surface area contributed by atoms with Gasteiger partial charge >= 0.3 is 0 Å². The van der Waals surface area contributed by atoms with Crippen molar-refractivity contribution in [2.45, 2.75) is 31.3 Å². The molecule has 0 amide bonds. The maximum atomic E-state index is 11.3. The summed E-state index contributed by atoms with van der Waals surface area (Å²) in [6.07, 6.45) is 4.19. The van der Waals surface area contributed by atoms with E-state index < -0.39 is 10.0 Å². The van der Waals surface area contributed by atoms with Gasteiger partial charge in [0.15, 0.2) is 0 Å². The maximum absolute atomic E-state index is 11.3. The van der Waals surface area contributed by atoms with Crippen molar-refractivity contribution in [2.24, 2.45) is 0 Å². The van der Waals surface area contributed by atoms with Crippen LogP contribution < -0.4 is 4.72 Å². The highest BCUT2D eigenvalue weighted by Crippen LogP contribution is 2.40. The van der Waals surface area contributed by atoms with Gasteiger partial charge in [-0.25, -0.2) is 13.1 Å². The van der Waals surface area contributed by atoms with E-state index in [0.717, 1.165) is 37.4 Å². The molecular formula is C14H19ClN2O2S. The van der Waals surface area contributed by atoms with Crippen LogP contribution in [0.5, 0.6) is 0 Å². The lowest BCUT2D eigenvalue weighted by atomic mass is 10.1. The van der Waals surface area contributed by atoms with Crippen molar-refractivity contribution in [1.29, 1.82) is 0 Å². The first-order chi connectivity index (χ1) is 9.44. The van der Waals surface area contributed by atoms with Gasteiger partial charge < -0.3 is 0 Å². The predicted molar refractivity (Wildman–Crippen MR) is 80.5 cm³/mol. The second-order valence-electron chi connectivity index (χ2n) is 5.73. The van der Waals surface area contributed by atoms with Crippen molar-refractivity contribution in [3.63, 3.8) is 0 Å². The molecule has 0 unspecified atom stereocenters. The Morgan fingerprint density at radius 1 is 1.35 bits per heavy atom. The van der Waals surface area contributed by atoms with Crippen LogP contribution in [0.3, 0.4) is 0 Å². The molecule has 4 nitrogen and oxygen atoms in total. The summed E-state index contributed by atoms with van der Waals surface area (Å²) < 4.78 is 25.3. The summed E-state index contributed by atoms with van der Waals surface area (Å²) >= 11 is 6.25. The fourth-order valence-corrected chi connectivity index (χ4v) is 4.51. The molecule has 0 saturated carbocycles. The van der Waals surface area contributed by atoms with Crippen LogP contribution in [0.1, 0.15) is 30.0 Å². The molecule has 1 aliphatic heterocycles. The largest absolute Gasteiger partial charge is 0.295 e. The normalized spacial score (nSPS) is 26.9. The van der Waals surface area contributed by atoms with Gasteiger partial charge in [-0.1, -0.05) is 23.7 Å². The highest BCUT2D eigenvalue weighted by Gasteiger charge is 2.34. The number of halogens is 1. The van der Waals surface area contributed by atoms with Crippen molar-refractivity contribution >= 4 is 21.6 Å². The van der Waals surface area contributed by atoms with E-state index in [9.17, 15) is 8.42 Å². The molecule has 0 spiro atoms. The van der Waals surface area contributed by atoms with Crippen LogP contribution in [0.25, 0.3) is 0 Å². The van der Waals surface area contributed by atoms with Crippen LogP contribution >= 0.6 is 11.6 Å². The van der Waals surface area contributed by atoms with E-state index in [1.807, 2.05) is 12.1 Å². The van der Waals surface area contributed by atoms with Crippen LogP contribution in [-0.2, 0) is 16.4 Å². The Labute approximate surface area is 125 Å². The van der Waals surface area contributed by atoms with E-state index in [2.05, 4.69) is 15.7 Å². The third-order valence-corrected chi connectivity index (χ3v) is 5.34. The van der Waals surface area contributed by atoms with Gasteiger partial charge in [0.25, 0.3) is 0 Å². The lowest BCUT2D eigenvalue weighted by Crippen LogP contribution is -2.36. The molecule has 1 heterocycles. The second kappa shape index (κ2) is 5.30. The number of likely N-dealkylation sites (tertiary alicyclic amines) is 1. The lowest BCUT2D eigenvalue weighted by Gasteiger charge is -2.25. The van der Waals surface area contributed by atoms with Crippen molar-refractivity contribution < 1.29 is 8.42 Å². The minimum atomic E-state index is -3.12. The summed E-state index contributed by atoms with van der Waals surface area (Å²) in [5.41, 5.74) is 2.58. The molecule has 1 aromatic rings. The standard InChI is InChI=1S/C14H19ClN2O2S/c1-20(18,19)16-10-7-8-17(9-10)14-6-5-11-12(14)3-2-4-13(11)15/h2-4,10,14,16H,5-9H2,1H3/t10-,14-/m1/s1. The van der Waals surface area contributed by atoms with E-state index in [1.165, 1.54) is 17.4 Å². The molecule has 2 aliphatic rings. The van der Waals surface area contributed by atoms with E-state index in [4.69, 9.17) is 11.6 Å². The fourth-order valence-electron chi connectivity index (χ4n) is 3.44. The summed E-state index contributed by atoms with van der Waals surface area (Å²) in [4.78, 5) is 2.38. The molecule has 20 heavy (non-hydrogen) atoms. The van der Waals surface area contributed by atoms with Gasteiger partial charge in [-0.05, 0) is 36.5 Å². The first-order valence-electron chi connectivity index (χ1n) is 6.93. The van der Waals surface area contributed by atoms with Gasteiger partial charge in [0, 0.05) is 30.2 Å². The van der Waals surface area contributed by atoms with E-state index in [-0.39, 0.29) is 6.04 Å². The average Bonchev–Trinajstić information content (AvgIpc) is 2.93. The molecular weight excluding hydrogens is 296 g/mol. The summed E-state index contributed by atoms with van der Waals surface area (Å²) in [6.45, 7) is 1.72. The van der Waals surface area contributed by atoms with E-state index in [1.54, 1.807) is 0 Å². The van der Waals surface area contributed by atoms with Crippen LogP contribution in [-0.4, -0.2) is 38.7 Å². The molecule has 1 aromatic carbocycles. The van der Waals surface area contributed by atoms with E-state index in [0.29, 0.717) is 6.04 Å². The van der Waals surface area contributed by atoms with E-state index >= 15 is 0 Å². The smallest absolute Gasteiger partial charge is 0.208 e. The number of rotatable bonds is 3. The first-order valence-corrected chi connectivity index (χ1v) is 9.19. The first kappa shape index (κ1) is 14.3. The molecule has 1 aliphatic carbocycles. The van der Waals surface area contributed by atoms with Crippen molar-refractivity contribution in [3.8, 4) is 0 Å². The molecule has 2 atom stereocenters. The number of nitrogens with zero attached hydrogens (tertiary/aromatic N) is 1. The number of hydrogen-bond acceptors (Lipinski definition) is 3. The Balaban J connectivity index is 1.73. The minimum Gasteiger partial charge on any atom is -0.295 e. The molecule has 3 rings (SSSR count). The maximum Gasteiger partial charge on any atom is 0.208 e. The number of nitrogens with one attached hydrogen (secondary N) is 1. The summed E-state index contributed by atoms with van der Waals surface area (Å²) in [6, 6.07) is 6.52. The van der Waals surface area contributed by atoms with Gasteiger partial charge in [-0.15, -0.1) is 0 Å². The zero-order valence-corrected chi connectivity index (χ0v) is 13.0. The molecule has 0 bridgehead atoms. The highest BCUT2D eigenvalue weighted by atomic mass is 35.5. The minimum absolute atomic E-state index is 0.0354. The van der Waals surface area contributed by atoms with Gasteiger partial charge in [0.1, 0.15) is 0 Å². The van der Waals surface area contributed by atoms with Crippen molar-refractivity contribution in [3.05, 3.63) is 34.3 Å². The molecule has 0 aromatic heterocycles. The van der Waals surface area contributed by atoms with Gasteiger partial charge in [0.2, 0.25) is 10.0 Å². The van der Waals surface area contributed by atoms with Crippen LogP contribution in [0.4, 0.5) is 0 Å². The second-order valence-corrected chi connectivity index (χ2v) is 7.92. The quantitative estimate of drug-likeness (QED) is 0.927. The van der Waals surface area contributed by atoms with Gasteiger partial charge in [-0.2, -0.15) is 0 Å². The third kappa shape index (κ3) is 2.86. The molecule has 6 heteroatoms. The Kier molecular flexibility index (Phi) is 3.79. The number of benzene rings is 1. The zero-order chi connectivity index (χ0) is 14.3. The summed E-state index contributed by atoms with van der Waals surface area (Å²) in [5.74, 6) is 0. The predicted octanol–water partition coefficient (Wildman–Crippen LogP) is 1.95. The number of hydrogen-bond donors (Lipinski definition) is 1. The van der Waals surface area contributed by atoms with Crippen molar-refractivity contribution in [1.82, 2.24) is 9.62 Å². The summed E-state index contributed by atoms with van der Waals surface area (Å²) in [7, 11) is -3.12. The number of sulfonamides is 1. The molecule has 1 N–H and O–H groups in total. The molecule has 110 valence electrons. The Morgan fingerprint density at radius 3 is 2.90 bits per heavy atom. The lowest BCUT2D eigenvalue weighted by molar-refractivity contribution is 0.241. The summed E-state index contributed by atoms with van der Waals surface area (Å²) in [5, 5.41) is 0.856. The highest BCUT2D eigenvalue weighted by molar-refractivity contribution is 7.88. The van der Waals surface area contributed by atoms with Crippen molar-refractivity contribution in [2.75, 3.05) is 19.3 Å². The fraction of sp³-hybridized carbons (Fsp3) is 0.571. The Hall–Kier alpha value is -0.620. The topological polar surface area (TPSA) is 49.4 Å². The third-order valence-electron chi connectivity index (χ3n) is 4.22. The molecule has 1 fully saturated rings. The van der Waals surface area contributed by atoms with Crippen LogP contribution in [0.15, 0.2) is 18.2 Å². The average molecular weight is 315 g/mol.